The van der Waals surface area contributed by atoms with Gasteiger partial charge in [-0.3, -0.25) is 0 Å². The number of nitrogens with zero attached hydrogens (tertiary/aromatic N) is 2. The fourth-order valence-electron chi connectivity index (χ4n) is 9.12. The average molecular weight is 691 g/mol. The first-order chi connectivity index (χ1) is 24.1. The molecule has 8 aromatic rings. The molecule has 0 radical (unpaired) electrons. The summed E-state index contributed by atoms with van der Waals surface area (Å²) >= 11 is 12.6. The van der Waals surface area contributed by atoms with Gasteiger partial charge in [0.15, 0.2) is 0 Å². The summed E-state index contributed by atoms with van der Waals surface area (Å²) < 4.78 is 5.10. The number of hydrogen-bond donors (Lipinski definition) is 2. The minimum Gasteiger partial charge on any atom is -0.240 e. The number of rotatable bonds is 6. The van der Waals surface area contributed by atoms with Gasteiger partial charge in [0, 0.05) is 43.9 Å². The van der Waals surface area contributed by atoms with Gasteiger partial charge >= 0.3 is 5.11 Å². The van der Waals surface area contributed by atoms with E-state index in [4.69, 9.17) is 24.4 Å². The third-order valence-electron chi connectivity index (χ3n) is 11.4. The zero-order chi connectivity index (χ0) is 32.4. The molecule has 0 aliphatic carbocycles. The average Bonchev–Trinajstić information content (AvgIpc) is 3.59. The molecule has 0 spiro atoms. The molecule has 2 N–H and O–H groups in total. The van der Waals surface area contributed by atoms with Gasteiger partial charge in [0.1, 0.15) is 10.9 Å². The van der Waals surface area contributed by atoms with Crippen LogP contribution in [0.5, 0.6) is 0 Å². The lowest BCUT2D eigenvalue weighted by Gasteiger charge is -2.29. The monoisotopic (exact) mass is 690 g/mol. The molecule has 8 aromatic carbocycles. The van der Waals surface area contributed by atoms with E-state index in [0.29, 0.717) is 0 Å². The van der Waals surface area contributed by atoms with Crippen molar-refractivity contribution < 1.29 is 9.80 Å². The molecule has 2 unspecified atom stereocenters. The fourth-order valence-corrected chi connectivity index (χ4v) is 12.8. The zero-order valence-corrected chi connectivity index (χ0v) is 29.4. The highest BCUT2D eigenvalue weighted by atomic mass is 32.2. The van der Waals surface area contributed by atoms with Crippen LogP contribution >= 0.6 is 35.3 Å². The number of thiocarbonyl (C=S) groups is 2. The Hall–Kier alpha value is -4.24. The molecule has 3 heterocycles. The largest absolute Gasteiger partial charge is 0.371 e. The number of hydrogen-bond acceptors (Lipinski definition) is 2. The number of nitrogens with one attached hydrogen (secondary N) is 2. The molecular formula is C42H34N4S3+2. The Balaban J connectivity index is 0.943. The maximum atomic E-state index is 6.31. The summed E-state index contributed by atoms with van der Waals surface area (Å²) in [4.78, 5) is 2.78. The minimum absolute atomic E-state index is 0.261. The highest BCUT2D eigenvalue weighted by molar-refractivity contribution is 8.14. The van der Waals surface area contributed by atoms with Crippen LogP contribution < -0.4 is 9.80 Å². The summed E-state index contributed by atoms with van der Waals surface area (Å²) in [5.41, 5.74) is 2.79. The van der Waals surface area contributed by atoms with E-state index in [9.17, 15) is 0 Å². The van der Waals surface area contributed by atoms with Crippen molar-refractivity contribution in [1.29, 1.82) is 0 Å². The van der Waals surface area contributed by atoms with E-state index >= 15 is 0 Å². The van der Waals surface area contributed by atoms with Gasteiger partial charge < -0.3 is 0 Å². The summed E-state index contributed by atoms with van der Waals surface area (Å²) in [7, 11) is -0.261. The predicted octanol–water partition coefficient (Wildman–Crippen LogP) is 6.83. The molecule has 3 aliphatic heterocycles. The van der Waals surface area contributed by atoms with Crippen molar-refractivity contribution in [2.24, 2.45) is 0 Å². The lowest BCUT2D eigenvalue weighted by molar-refractivity contribution is -0.858. The van der Waals surface area contributed by atoms with Crippen molar-refractivity contribution in [3.63, 3.8) is 0 Å². The van der Waals surface area contributed by atoms with Crippen LogP contribution in [0.3, 0.4) is 0 Å². The van der Waals surface area contributed by atoms with Gasteiger partial charge in [0.25, 0.3) is 10.2 Å². The number of quaternary nitrogens is 2. The van der Waals surface area contributed by atoms with E-state index < -0.39 is 0 Å². The van der Waals surface area contributed by atoms with E-state index in [-0.39, 0.29) is 10.9 Å². The summed E-state index contributed by atoms with van der Waals surface area (Å²) in [6, 6.07) is 41.0. The highest BCUT2D eigenvalue weighted by Crippen LogP contribution is 2.39. The SMILES string of the molecule is S=C1N(CCc2ccc3ccc4cccc5ccc2c3c45)S2=C3[NH+]1CCC[NH+]3C(=S)N2CCc1ccc2ccc3cccc4ccc1c2c34. The molecule has 2 atom stereocenters. The molecular weight excluding hydrogens is 657 g/mol. The molecule has 3 aliphatic rings. The van der Waals surface area contributed by atoms with Gasteiger partial charge in [-0.1, -0.05) is 109 Å². The van der Waals surface area contributed by atoms with E-state index in [0.717, 1.165) is 55.7 Å². The van der Waals surface area contributed by atoms with Crippen LogP contribution in [0.2, 0.25) is 0 Å². The lowest BCUT2D eigenvalue weighted by atomic mass is 9.91. The van der Waals surface area contributed by atoms with Crippen LogP contribution in [-0.2, 0) is 12.8 Å². The van der Waals surface area contributed by atoms with Crippen LogP contribution in [0, 0.1) is 0 Å². The van der Waals surface area contributed by atoms with Gasteiger partial charge in [-0.25, -0.2) is 8.61 Å². The Bertz CT molecular complexity index is 2520. The van der Waals surface area contributed by atoms with Crippen molar-refractivity contribution in [2.75, 3.05) is 26.2 Å². The summed E-state index contributed by atoms with van der Waals surface area (Å²) in [6.07, 6.45) is 3.03. The molecule has 49 heavy (non-hydrogen) atoms. The Morgan fingerprint density at radius 1 is 0.490 bits per heavy atom. The van der Waals surface area contributed by atoms with Crippen LogP contribution in [-0.4, -0.2) is 50.1 Å². The maximum absolute atomic E-state index is 6.31. The fraction of sp³-hybridized carbons (Fsp3) is 0.167. The van der Waals surface area contributed by atoms with Gasteiger partial charge in [0.2, 0.25) is 0 Å². The summed E-state index contributed by atoms with van der Waals surface area (Å²) in [5, 5.41) is 19.8. The predicted molar refractivity (Wildman–Crippen MR) is 215 cm³/mol. The summed E-state index contributed by atoms with van der Waals surface area (Å²) in [6.45, 7) is 3.93. The Morgan fingerprint density at radius 2 is 0.878 bits per heavy atom. The molecule has 7 heteroatoms. The van der Waals surface area contributed by atoms with Crippen molar-refractivity contribution in [2.45, 2.75) is 19.3 Å². The number of benzene rings is 8. The third kappa shape index (κ3) is 4.02. The molecule has 11 rings (SSSR count). The van der Waals surface area contributed by atoms with Crippen LogP contribution in [0.15, 0.2) is 109 Å². The lowest BCUT2D eigenvalue weighted by Crippen LogP contribution is -3.37. The van der Waals surface area contributed by atoms with Crippen molar-refractivity contribution in [3.05, 3.63) is 120 Å². The van der Waals surface area contributed by atoms with Crippen LogP contribution in [0.1, 0.15) is 17.5 Å². The molecule has 4 nitrogen and oxygen atoms in total. The third-order valence-corrected chi connectivity index (χ3v) is 15.0. The molecule has 0 amide bonds. The topological polar surface area (TPSA) is 15.4 Å². The summed E-state index contributed by atoms with van der Waals surface area (Å²) in [5.74, 6) is 0. The van der Waals surface area contributed by atoms with Gasteiger partial charge in [-0.2, -0.15) is 9.80 Å². The van der Waals surface area contributed by atoms with E-state index in [2.05, 4.69) is 118 Å². The Kier molecular flexibility index (Phi) is 6.20. The van der Waals surface area contributed by atoms with E-state index in [1.165, 1.54) is 90.7 Å². The Morgan fingerprint density at radius 3 is 1.33 bits per heavy atom. The molecule has 0 aromatic heterocycles. The zero-order valence-electron chi connectivity index (χ0n) is 27.0. The first-order valence-corrected chi connectivity index (χ1v) is 19.4. The van der Waals surface area contributed by atoms with Gasteiger partial charge in [-0.05, 0) is 88.6 Å². The van der Waals surface area contributed by atoms with Crippen LogP contribution in [0.25, 0.3) is 64.6 Å². The smallest absolute Gasteiger partial charge is 0.240 e. The second-order valence-corrected chi connectivity index (χ2v) is 16.5. The van der Waals surface area contributed by atoms with E-state index in [1.807, 2.05) is 0 Å². The van der Waals surface area contributed by atoms with Crippen molar-refractivity contribution in [1.82, 2.24) is 8.61 Å². The van der Waals surface area contributed by atoms with E-state index in [1.54, 1.807) is 0 Å². The normalized spacial score (nSPS) is 20.9. The molecule has 0 bridgehead atoms. The molecule has 1 saturated heterocycles. The van der Waals surface area contributed by atoms with Crippen molar-refractivity contribution in [3.8, 4) is 0 Å². The first kappa shape index (κ1) is 28.6. The second-order valence-electron chi connectivity index (χ2n) is 13.9. The quantitative estimate of drug-likeness (QED) is 0.147. The standard InChI is InChI=1S/C42H32N4S3/c47-40-43-22-3-23-44-41(48)46(25-21-27-9-11-33-15-13-29-5-2-7-31-17-19-35(27)39(33)37(29)31)49(42(43)44)45(40)24-20-26-8-10-32-14-12-28-4-1-6-30-16-18-34(26)38(32)36(28)30/h1-2,4-19H,3,20-25H2/p+2. The first-order valence-electron chi connectivity index (χ1n) is 17.4. The van der Waals surface area contributed by atoms with Crippen LogP contribution in [0.4, 0.5) is 0 Å². The maximum Gasteiger partial charge on any atom is 0.371 e. The molecule has 0 saturated carbocycles. The van der Waals surface area contributed by atoms with Gasteiger partial charge in [-0.15, -0.1) is 0 Å². The molecule has 1 fully saturated rings. The minimum atomic E-state index is -0.261. The molecule has 238 valence electrons. The van der Waals surface area contributed by atoms with Crippen molar-refractivity contribution >= 4 is 115 Å². The highest BCUT2D eigenvalue weighted by Gasteiger charge is 2.57. The van der Waals surface area contributed by atoms with Gasteiger partial charge in [0.05, 0.1) is 13.1 Å². The Labute approximate surface area is 297 Å². The second kappa shape index (κ2) is 10.6.